The van der Waals surface area contributed by atoms with Crippen LogP contribution in [0.3, 0.4) is 0 Å². The minimum absolute atomic E-state index is 0.0719. The first kappa shape index (κ1) is 19.4. The molecule has 118 valence electrons. The Labute approximate surface area is 125 Å². The van der Waals surface area contributed by atoms with Gasteiger partial charge in [0.15, 0.2) is 0 Å². The number of nitrogens with zero attached hydrogens (tertiary/aromatic N) is 1. The zero-order chi connectivity index (χ0) is 15.6. The van der Waals surface area contributed by atoms with E-state index < -0.39 is 16.1 Å². The Morgan fingerprint density at radius 3 is 2.65 bits per heavy atom. The lowest BCUT2D eigenvalue weighted by atomic mass is 10.2. The Balaban J connectivity index is 4.97. The average Bonchev–Trinajstić information content (AvgIpc) is 2.42. The Morgan fingerprint density at radius 1 is 1.55 bits per heavy atom. The van der Waals surface area contributed by atoms with E-state index in [1.807, 2.05) is 6.26 Å². The molecule has 2 N–H and O–H groups in total. The van der Waals surface area contributed by atoms with Gasteiger partial charge in [0.2, 0.25) is 15.9 Å². The minimum Gasteiger partial charge on any atom is -0.395 e. The molecule has 1 atom stereocenters. The van der Waals surface area contributed by atoms with Crippen LogP contribution in [0.15, 0.2) is 12.7 Å². The van der Waals surface area contributed by atoms with Crippen molar-refractivity contribution >= 4 is 27.7 Å². The molecule has 0 aliphatic heterocycles. The predicted octanol–water partition coefficient (Wildman–Crippen LogP) is 0.0543. The summed E-state index contributed by atoms with van der Waals surface area (Å²) < 4.78 is 25.7. The van der Waals surface area contributed by atoms with Crippen LogP contribution in [0.2, 0.25) is 0 Å². The van der Waals surface area contributed by atoms with Crippen molar-refractivity contribution < 1.29 is 18.3 Å². The lowest BCUT2D eigenvalue weighted by molar-refractivity contribution is -0.133. The van der Waals surface area contributed by atoms with E-state index >= 15 is 0 Å². The quantitative estimate of drug-likeness (QED) is 0.525. The van der Waals surface area contributed by atoms with E-state index in [-0.39, 0.29) is 31.4 Å². The topological polar surface area (TPSA) is 86.7 Å². The van der Waals surface area contributed by atoms with Crippen molar-refractivity contribution in [1.82, 2.24) is 9.62 Å². The molecule has 0 heterocycles. The molecule has 0 saturated heterocycles. The molecule has 0 aliphatic rings. The molecule has 0 aromatic rings. The monoisotopic (exact) mass is 324 g/mol. The van der Waals surface area contributed by atoms with Crippen molar-refractivity contribution in [3.8, 4) is 0 Å². The Hall–Kier alpha value is -0.570. The van der Waals surface area contributed by atoms with Gasteiger partial charge in [0.05, 0.1) is 12.4 Å². The number of aliphatic hydroxyl groups is 1. The highest BCUT2D eigenvalue weighted by Crippen LogP contribution is 2.07. The van der Waals surface area contributed by atoms with Crippen LogP contribution in [0.4, 0.5) is 0 Å². The van der Waals surface area contributed by atoms with Crippen molar-refractivity contribution in [3.05, 3.63) is 12.7 Å². The highest BCUT2D eigenvalue weighted by molar-refractivity contribution is 7.98. The zero-order valence-corrected chi connectivity index (χ0v) is 13.7. The molecule has 0 radical (unpaired) electrons. The number of hydrogen-bond donors (Lipinski definition) is 2. The zero-order valence-electron chi connectivity index (χ0n) is 12.0. The molecule has 0 spiro atoms. The first-order chi connectivity index (χ1) is 9.41. The van der Waals surface area contributed by atoms with E-state index in [1.165, 1.54) is 11.8 Å². The first-order valence-corrected chi connectivity index (χ1v) is 9.45. The lowest BCUT2D eigenvalue weighted by Crippen LogP contribution is -2.49. The van der Waals surface area contributed by atoms with Gasteiger partial charge in [-0.05, 0) is 25.4 Å². The Kier molecular flexibility index (Phi) is 9.91. The minimum atomic E-state index is -3.45. The first-order valence-electron chi connectivity index (χ1n) is 6.41. The maximum absolute atomic E-state index is 12.4. The normalized spacial score (nSPS) is 12.9. The van der Waals surface area contributed by atoms with E-state index in [0.717, 1.165) is 0 Å². The van der Waals surface area contributed by atoms with Crippen LogP contribution in [0.5, 0.6) is 0 Å². The fourth-order valence-corrected chi connectivity index (χ4v) is 2.85. The van der Waals surface area contributed by atoms with Gasteiger partial charge < -0.3 is 10.0 Å². The van der Waals surface area contributed by atoms with E-state index in [9.17, 15) is 13.2 Å². The van der Waals surface area contributed by atoms with E-state index in [1.54, 1.807) is 17.8 Å². The van der Waals surface area contributed by atoms with Gasteiger partial charge in [-0.3, -0.25) is 4.79 Å². The standard InChI is InChI=1S/C12H24N2O4S2/c1-4-7-14(8-9-15)12(16)11(6-10-19-3)13-20(17,18)5-2/h4,11,13,15H,1,5-10H2,2-3H3. The van der Waals surface area contributed by atoms with E-state index in [2.05, 4.69) is 11.3 Å². The molecular formula is C12H24N2O4S2. The number of nitrogens with one attached hydrogen (secondary N) is 1. The average molecular weight is 324 g/mol. The van der Waals surface area contributed by atoms with Crippen molar-refractivity contribution in [3.63, 3.8) is 0 Å². The molecule has 0 fully saturated rings. The number of carbonyl (C=O) groups is 1. The molecule has 0 rings (SSSR count). The number of hydrogen-bond acceptors (Lipinski definition) is 5. The second-order valence-electron chi connectivity index (χ2n) is 4.15. The summed E-state index contributed by atoms with van der Waals surface area (Å²) in [5.74, 6) is 0.270. The molecule has 0 aliphatic carbocycles. The fourth-order valence-electron chi connectivity index (χ4n) is 1.56. The number of amides is 1. The Morgan fingerprint density at radius 2 is 2.20 bits per heavy atom. The largest absolute Gasteiger partial charge is 0.395 e. The molecular weight excluding hydrogens is 300 g/mol. The second kappa shape index (κ2) is 10.2. The van der Waals surface area contributed by atoms with E-state index in [4.69, 9.17) is 5.11 Å². The highest BCUT2D eigenvalue weighted by atomic mass is 32.2. The van der Waals surface area contributed by atoms with Crippen LogP contribution in [0, 0.1) is 0 Å². The van der Waals surface area contributed by atoms with Crippen LogP contribution >= 0.6 is 11.8 Å². The summed E-state index contributed by atoms with van der Waals surface area (Å²) in [4.78, 5) is 13.8. The molecule has 1 unspecified atom stereocenters. The summed E-state index contributed by atoms with van der Waals surface area (Å²) in [5.41, 5.74) is 0. The van der Waals surface area contributed by atoms with Crippen LogP contribution in [-0.2, 0) is 14.8 Å². The number of carbonyl (C=O) groups excluding carboxylic acids is 1. The summed E-state index contributed by atoms with van der Waals surface area (Å²) >= 11 is 1.54. The van der Waals surface area contributed by atoms with Crippen molar-refractivity contribution in [2.45, 2.75) is 19.4 Å². The molecule has 0 bridgehead atoms. The summed E-state index contributed by atoms with van der Waals surface area (Å²) in [6.07, 6.45) is 3.86. The molecule has 8 heteroatoms. The van der Waals surface area contributed by atoms with Crippen LogP contribution in [-0.4, -0.2) is 67.8 Å². The third-order valence-electron chi connectivity index (χ3n) is 2.64. The van der Waals surface area contributed by atoms with Gasteiger partial charge in [0, 0.05) is 13.1 Å². The SMILES string of the molecule is C=CCN(CCO)C(=O)C(CCSC)NS(=O)(=O)CC. The fraction of sp³-hybridized carbons (Fsp3) is 0.750. The van der Waals surface area contributed by atoms with Gasteiger partial charge in [-0.25, -0.2) is 13.1 Å². The van der Waals surface area contributed by atoms with Gasteiger partial charge in [0.1, 0.15) is 6.04 Å². The molecule has 6 nitrogen and oxygen atoms in total. The number of rotatable bonds is 11. The van der Waals surface area contributed by atoms with Gasteiger partial charge in [0.25, 0.3) is 0 Å². The van der Waals surface area contributed by atoms with Gasteiger partial charge >= 0.3 is 0 Å². The number of aliphatic hydroxyl groups excluding tert-OH is 1. The summed E-state index contributed by atoms with van der Waals surface area (Å²) in [7, 11) is -3.45. The third kappa shape index (κ3) is 7.28. The molecule has 0 aromatic heterocycles. The maximum atomic E-state index is 12.4. The molecule has 20 heavy (non-hydrogen) atoms. The van der Waals surface area contributed by atoms with Gasteiger partial charge in [-0.1, -0.05) is 6.08 Å². The molecule has 0 aromatic carbocycles. The lowest BCUT2D eigenvalue weighted by Gasteiger charge is -2.26. The smallest absolute Gasteiger partial charge is 0.241 e. The maximum Gasteiger partial charge on any atom is 0.241 e. The molecule has 1 amide bonds. The van der Waals surface area contributed by atoms with Crippen LogP contribution in [0.1, 0.15) is 13.3 Å². The Bertz CT molecular complexity index is 398. The highest BCUT2D eigenvalue weighted by Gasteiger charge is 2.26. The van der Waals surface area contributed by atoms with Gasteiger partial charge in [-0.2, -0.15) is 11.8 Å². The summed E-state index contributed by atoms with van der Waals surface area (Å²) in [6, 6.07) is -0.793. The van der Waals surface area contributed by atoms with E-state index in [0.29, 0.717) is 12.2 Å². The second-order valence-corrected chi connectivity index (χ2v) is 7.18. The van der Waals surface area contributed by atoms with Crippen molar-refractivity contribution in [2.75, 3.05) is 37.5 Å². The summed E-state index contributed by atoms with van der Waals surface area (Å²) in [6.45, 7) is 5.35. The van der Waals surface area contributed by atoms with Crippen LogP contribution in [0.25, 0.3) is 0 Å². The number of thioether (sulfide) groups is 1. The van der Waals surface area contributed by atoms with Crippen LogP contribution < -0.4 is 4.72 Å². The third-order valence-corrected chi connectivity index (χ3v) is 4.69. The predicted molar refractivity (Wildman–Crippen MR) is 83.2 cm³/mol. The summed E-state index contributed by atoms with van der Waals surface area (Å²) in [5, 5.41) is 8.98. The van der Waals surface area contributed by atoms with Crippen molar-refractivity contribution in [2.24, 2.45) is 0 Å². The number of sulfonamides is 1. The van der Waals surface area contributed by atoms with Crippen molar-refractivity contribution in [1.29, 1.82) is 0 Å². The van der Waals surface area contributed by atoms with Gasteiger partial charge in [-0.15, -0.1) is 6.58 Å². The molecule has 0 saturated carbocycles.